The number of hydrogen-bond donors (Lipinski definition) is 1. The number of rotatable bonds is 11. The Kier molecular flexibility index (Phi) is 9.13. The van der Waals surface area contributed by atoms with Crippen LogP contribution in [-0.2, 0) is 26.2 Å². The van der Waals surface area contributed by atoms with Crippen molar-refractivity contribution >= 4 is 33.2 Å². The van der Waals surface area contributed by atoms with Crippen molar-refractivity contribution in [2.24, 2.45) is 0 Å². The number of nitro groups is 1. The minimum Gasteiger partial charge on any atom is -0.355 e. The first kappa shape index (κ1) is 26.8. The van der Waals surface area contributed by atoms with Gasteiger partial charge in [-0.2, -0.15) is 0 Å². The van der Waals surface area contributed by atoms with Crippen LogP contribution >= 0.6 is 0 Å². The molecule has 0 aliphatic heterocycles. The van der Waals surface area contributed by atoms with E-state index in [0.29, 0.717) is 18.5 Å². The van der Waals surface area contributed by atoms with Crippen LogP contribution in [0.15, 0.2) is 48.5 Å². The van der Waals surface area contributed by atoms with Gasteiger partial charge in [0.25, 0.3) is 5.69 Å². The molecule has 11 heteroatoms. The zero-order valence-corrected chi connectivity index (χ0v) is 20.5. The van der Waals surface area contributed by atoms with Crippen molar-refractivity contribution < 1.29 is 22.9 Å². The standard InChI is InChI=1S/C23H30N4O6S/c1-5-20(23(29)24-6-2)25(15-18-10-8-7-9-11-18)22(28)16-26(34(4,32)33)21-14-19(27(30)31)13-12-17(21)3/h7-14,20H,5-6,15-16H2,1-4H3,(H,24,29). The molecule has 0 aliphatic rings. The van der Waals surface area contributed by atoms with Crippen LogP contribution in [0.25, 0.3) is 0 Å². The number of amides is 2. The Morgan fingerprint density at radius 3 is 2.29 bits per heavy atom. The van der Waals surface area contributed by atoms with E-state index in [2.05, 4.69) is 5.32 Å². The molecular formula is C23H30N4O6S. The fraction of sp³-hybridized carbons (Fsp3) is 0.391. The number of nitrogens with one attached hydrogen (secondary N) is 1. The molecule has 0 saturated heterocycles. The van der Waals surface area contributed by atoms with E-state index >= 15 is 0 Å². The molecule has 0 aliphatic carbocycles. The monoisotopic (exact) mass is 490 g/mol. The Hall–Kier alpha value is -3.47. The predicted octanol–water partition coefficient (Wildman–Crippen LogP) is 2.61. The van der Waals surface area contributed by atoms with Gasteiger partial charge in [-0.25, -0.2) is 8.42 Å². The average molecular weight is 491 g/mol. The zero-order valence-electron chi connectivity index (χ0n) is 19.7. The summed E-state index contributed by atoms with van der Waals surface area (Å²) in [4.78, 5) is 38.2. The Labute approximate surface area is 199 Å². The Bertz CT molecular complexity index is 1140. The third-order valence-corrected chi connectivity index (χ3v) is 6.41. The molecule has 2 aromatic carbocycles. The van der Waals surface area contributed by atoms with Crippen molar-refractivity contribution in [3.8, 4) is 0 Å². The fourth-order valence-corrected chi connectivity index (χ4v) is 4.47. The lowest BCUT2D eigenvalue weighted by Crippen LogP contribution is -2.52. The number of likely N-dealkylation sites (N-methyl/N-ethyl adjacent to an activating group) is 1. The molecule has 0 bridgehead atoms. The Morgan fingerprint density at radius 1 is 1.12 bits per heavy atom. The summed E-state index contributed by atoms with van der Waals surface area (Å²) in [5, 5.41) is 14.0. The molecule has 0 fully saturated rings. The van der Waals surface area contributed by atoms with Gasteiger partial charge in [0.2, 0.25) is 21.8 Å². The molecule has 2 amide bonds. The van der Waals surface area contributed by atoms with Crippen LogP contribution < -0.4 is 9.62 Å². The molecule has 2 rings (SSSR count). The zero-order chi connectivity index (χ0) is 25.5. The highest BCUT2D eigenvalue weighted by molar-refractivity contribution is 7.92. The number of anilines is 1. The number of benzene rings is 2. The lowest BCUT2D eigenvalue weighted by atomic mass is 10.1. The summed E-state index contributed by atoms with van der Waals surface area (Å²) in [6.07, 6.45) is 1.25. The second-order valence-electron chi connectivity index (χ2n) is 7.82. The van der Waals surface area contributed by atoms with Crippen LogP contribution in [0.2, 0.25) is 0 Å². The van der Waals surface area contributed by atoms with Gasteiger partial charge >= 0.3 is 0 Å². The summed E-state index contributed by atoms with van der Waals surface area (Å²) in [6, 6.07) is 12.1. The van der Waals surface area contributed by atoms with Gasteiger partial charge < -0.3 is 10.2 Å². The van der Waals surface area contributed by atoms with E-state index in [1.165, 1.54) is 17.0 Å². The summed E-state index contributed by atoms with van der Waals surface area (Å²) in [6.45, 7) is 5.01. The van der Waals surface area contributed by atoms with E-state index < -0.39 is 33.4 Å². The van der Waals surface area contributed by atoms with Crippen LogP contribution in [0.4, 0.5) is 11.4 Å². The number of carbonyl (C=O) groups excluding carboxylic acids is 2. The van der Waals surface area contributed by atoms with Crippen molar-refractivity contribution in [1.82, 2.24) is 10.2 Å². The van der Waals surface area contributed by atoms with Gasteiger partial charge in [0.15, 0.2) is 0 Å². The highest BCUT2D eigenvalue weighted by Gasteiger charge is 2.32. The lowest BCUT2D eigenvalue weighted by molar-refractivity contribution is -0.384. The number of sulfonamides is 1. The normalized spacial score (nSPS) is 12.0. The molecule has 0 spiro atoms. The molecule has 1 unspecified atom stereocenters. The maximum Gasteiger partial charge on any atom is 0.271 e. The molecule has 184 valence electrons. The van der Waals surface area contributed by atoms with Crippen molar-refractivity contribution in [1.29, 1.82) is 0 Å². The Morgan fingerprint density at radius 2 is 1.76 bits per heavy atom. The molecule has 0 heterocycles. The van der Waals surface area contributed by atoms with Crippen LogP contribution in [0, 0.1) is 17.0 Å². The van der Waals surface area contributed by atoms with Crippen LogP contribution in [0.5, 0.6) is 0 Å². The molecule has 1 atom stereocenters. The summed E-state index contributed by atoms with van der Waals surface area (Å²) in [5.74, 6) is -0.940. The van der Waals surface area contributed by atoms with Gasteiger partial charge in [-0.3, -0.25) is 24.0 Å². The van der Waals surface area contributed by atoms with Gasteiger partial charge in [-0.15, -0.1) is 0 Å². The van der Waals surface area contributed by atoms with Crippen molar-refractivity contribution in [2.45, 2.75) is 39.8 Å². The number of nitro benzene ring substituents is 1. The average Bonchev–Trinajstić information content (AvgIpc) is 2.77. The van der Waals surface area contributed by atoms with E-state index in [4.69, 9.17) is 0 Å². The summed E-state index contributed by atoms with van der Waals surface area (Å²) in [5.41, 5.74) is 0.970. The van der Waals surface area contributed by atoms with Crippen LogP contribution in [0.1, 0.15) is 31.4 Å². The summed E-state index contributed by atoms with van der Waals surface area (Å²) < 4.78 is 26.2. The van der Waals surface area contributed by atoms with Crippen LogP contribution in [0.3, 0.4) is 0 Å². The maximum absolute atomic E-state index is 13.5. The van der Waals surface area contributed by atoms with Gasteiger partial charge in [0.1, 0.15) is 12.6 Å². The highest BCUT2D eigenvalue weighted by Crippen LogP contribution is 2.28. The molecule has 0 radical (unpaired) electrons. The smallest absolute Gasteiger partial charge is 0.271 e. The fourth-order valence-electron chi connectivity index (χ4n) is 3.57. The molecule has 34 heavy (non-hydrogen) atoms. The molecular weight excluding hydrogens is 460 g/mol. The Balaban J connectivity index is 2.50. The van der Waals surface area contributed by atoms with Crippen molar-refractivity contribution in [2.75, 3.05) is 23.7 Å². The van der Waals surface area contributed by atoms with E-state index in [1.54, 1.807) is 32.9 Å². The number of hydrogen-bond acceptors (Lipinski definition) is 6. The molecule has 0 aromatic heterocycles. The minimum absolute atomic E-state index is 0.0377. The van der Waals surface area contributed by atoms with Gasteiger partial charge in [0.05, 0.1) is 16.9 Å². The minimum atomic E-state index is -3.98. The number of aryl methyl sites for hydroxylation is 1. The van der Waals surface area contributed by atoms with E-state index in [0.717, 1.165) is 22.2 Å². The second kappa shape index (κ2) is 11.6. The quantitative estimate of drug-likeness (QED) is 0.381. The number of nitrogens with zero attached hydrogens (tertiary/aromatic N) is 3. The van der Waals surface area contributed by atoms with E-state index in [1.807, 2.05) is 18.2 Å². The highest BCUT2D eigenvalue weighted by atomic mass is 32.2. The van der Waals surface area contributed by atoms with Gasteiger partial charge in [0, 0.05) is 25.2 Å². The lowest BCUT2D eigenvalue weighted by Gasteiger charge is -2.33. The number of non-ortho nitro benzene ring substituents is 1. The SMILES string of the molecule is CCNC(=O)C(CC)N(Cc1ccccc1)C(=O)CN(c1cc([N+](=O)[O-])ccc1C)S(C)(=O)=O. The molecule has 10 nitrogen and oxygen atoms in total. The first-order chi connectivity index (χ1) is 16.0. The topological polar surface area (TPSA) is 130 Å². The third-order valence-electron chi connectivity index (χ3n) is 5.28. The predicted molar refractivity (Wildman–Crippen MR) is 130 cm³/mol. The van der Waals surface area contributed by atoms with Gasteiger partial charge in [-0.1, -0.05) is 43.3 Å². The van der Waals surface area contributed by atoms with E-state index in [9.17, 15) is 28.1 Å². The first-order valence-corrected chi connectivity index (χ1v) is 12.7. The largest absolute Gasteiger partial charge is 0.355 e. The molecule has 2 aromatic rings. The first-order valence-electron chi connectivity index (χ1n) is 10.8. The van der Waals surface area contributed by atoms with Crippen LogP contribution in [-0.4, -0.2) is 55.4 Å². The summed E-state index contributed by atoms with van der Waals surface area (Å²) in [7, 11) is -3.98. The maximum atomic E-state index is 13.5. The summed E-state index contributed by atoms with van der Waals surface area (Å²) >= 11 is 0. The number of carbonyl (C=O) groups is 2. The third kappa shape index (κ3) is 6.77. The van der Waals surface area contributed by atoms with Crippen molar-refractivity contribution in [3.05, 3.63) is 69.8 Å². The van der Waals surface area contributed by atoms with Crippen molar-refractivity contribution in [3.63, 3.8) is 0 Å². The second-order valence-corrected chi connectivity index (χ2v) is 9.73. The van der Waals surface area contributed by atoms with Gasteiger partial charge in [-0.05, 0) is 31.4 Å². The van der Waals surface area contributed by atoms with E-state index in [-0.39, 0.29) is 23.8 Å². The molecule has 0 saturated carbocycles. The molecule has 1 N–H and O–H groups in total.